The number of halogens is 3. The van der Waals surface area contributed by atoms with Crippen molar-refractivity contribution in [3.05, 3.63) is 64.0 Å². The number of benzene rings is 1. The van der Waals surface area contributed by atoms with Gasteiger partial charge < -0.3 is 10.1 Å². The molecular weight excluding hydrogens is 370 g/mol. The van der Waals surface area contributed by atoms with Gasteiger partial charge in [0.1, 0.15) is 5.82 Å². The van der Waals surface area contributed by atoms with Gasteiger partial charge in [-0.25, -0.2) is 14.2 Å². The number of carbonyl (C=O) groups is 2. The van der Waals surface area contributed by atoms with Gasteiger partial charge in [0, 0.05) is 12.3 Å². The van der Waals surface area contributed by atoms with Gasteiger partial charge in [-0.2, -0.15) is 0 Å². The smallest absolute Gasteiger partial charge is 0.331 e. The Morgan fingerprint density at radius 3 is 2.60 bits per heavy atom. The number of hydrogen-bond donors (Lipinski definition) is 1. The fraction of sp³-hybridized carbons (Fsp3) is 0.118. The SMILES string of the molecule is C[C@H](OC(=O)/C=C/c1ccc(F)cc1)C(=O)Nc1ncc(Cl)cc1Cl. The van der Waals surface area contributed by atoms with E-state index in [1.54, 1.807) is 0 Å². The molecule has 1 amide bonds. The van der Waals surface area contributed by atoms with Crippen molar-refractivity contribution < 1.29 is 18.7 Å². The third-order valence-corrected chi connectivity index (χ3v) is 3.49. The molecule has 0 fully saturated rings. The van der Waals surface area contributed by atoms with Gasteiger partial charge >= 0.3 is 5.97 Å². The standard InChI is InChI=1S/C17H13Cl2FN2O3/c1-10(17(24)22-16-14(19)8-12(18)9-21-16)25-15(23)7-4-11-2-5-13(20)6-3-11/h2-10H,1H3,(H,21,22,24)/b7-4+/t10-/m0/s1. The van der Waals surface area contributed by atoms with Crippen molar-refractivity contribution in [2.75, 3.05) is 5.32 Å². The van der Waals surface area contributed by atoms with Gasteiger partial charge in [-0.1, -0.05) is 35.3 Å². The highest BCUT2D eigenvalue weighted by Crippen LogP contribution is 2.22. The van der Waals surface area contributed by atoms with Crippen LogP contribution in [-0.2, 0) is 14.3 Å². The average molecular weight is 383 g/mol. The number of esters is 1. The zero-order chi connectivity index (χ0) is 18.4. The third kappa shape index (κ3) is 5.85. The fourth-order valence-electron chi connectivity index (χ4n) is 1.73. The summed E-state index contributed by atoms with van der Waals surface area (Å²) in [5, 5.41) is 2.93. The molecule has 0 aliphatic rings. The predicted octanol–water partition coefficient (Wildman–Crippen LogP) is 4.11. The molecule has 8 heteroatoms. The molecule has 25 heavy (non-hydrogen) atoms. The minimum Gasteiger partial charge on any atom is -0.449 e. The maximum atomic E-state index is 12.8. The zero-order valence-electron chi connectivity index (χ0n) is 13.0. The summed E-state index contributed by atoms with van der Waals surface area (Å²) in [6.45, 7) is 1.41. The van der Waals surface area contributed by atoms with Crippen LogP contribution in [0.25, 0.3) is 6.08 Å². The zero-order valence-corrected chi connectivity index (χ0v) is 14.5. The minimum atomic E-state index is -1.07. The summed E-state index contributed by atoms with van der Waals surface area (Å²) in [5.41, 5.74) is 0.618. The van der Waals surface area contributed by atoms with E-state index in [-0.39, 0.29) is 16.7 Å². The maximum absolute atomic E-state index is 12.8. The molecule has 1 aromatic heterocycles. The molecule has 0 radical (unpaired) electrons. The monoisotopic (exact) mass is 382 g/mol. The lowest BCUT2D eigenvalue weighted by molar-refractivity contribution is -0.148. The highest BCUT2D eigenvalue weighted by Gasteiger charge is 2.18. The van der Waals surface area contributed by atoms with Crippen LogP contribution >= 0.6 is 23.2 Å². The van der Waals surface area contributed by atoms with Crippen molar-refractivity contribution in [3.8, 4) is 0 Å². The first-order valence-corrected chi connectivity index (χ1v) is 7.87. The van der Waals surface area contributed by atoms with Gasteiger partial charge in [0.15, 0.2) is 11.9 Å². The van der Waals surface area contributed by atoms with Crippen molar-refractivity contribution >= 4 is 47.0 Å². The molecule has 0 saturated heterocycles. The first-order chi connectivity index (χ1) is 11.8. The number of nitrogens with zero attached hydrogens (tertiary/aromatic N) is 1. The van der Waals surface area contributed by atoms with Gasteiger partial charge in [0.2, 0.25) is 0 Å². The van der Waals surface area contributed by atoms with Crippen molar-refractivity contribution in [3.63, 3.8) is 0 Å². The van der Waals surface area contributed by atoms with Gasteiger partial charge in [0.25, 0.3) is 5.91 Å². The topological polar surface area (TPSA) is 68.3 Å². The maximum Gasteiger partial charge on any atom is 0.331 e. The van der Waals surface area contributed by atoms with Crippen LogP contribution in [0.3, 0.4) is 0 Å². The number of ether oxygens (including phenoxy) is 1. The number of aromatic nitrogens is 1. The predicted molar refractivity (Wildman–Crippen MR) is 93.9 cm³/mol. The van der Waals surface area contributed by atoms with Gasteiger partial charge in [0.05, 0.1) is 10.0 Å². The second-order valence-corrected chi connectivity index (χ2v) is 5.78. The Hall–Kier alpha value is -2.44. The molecule has 0 aliphatic heterocycles. The third-order valence-electron chi connectivity index (χ3n) is 2.99. The second-order valence-electron chi connectivity index (χ2n) is 4.94. The number of hydrogen-bond acceptors (Lipinski definition) is 4. The molecular formula is C17H13Cl2FN2O3. The van der Waals surface area contributed by atoms with E-state index in [0.29, 0.717) is 10.6 Å². The lowest BCUT2D eigenvalue weighted by atomic mass is 10.2. The normalized spacial score (nSPS) is 12.0. The minimum absolute atomic E-state index is 0.112. The van der Waals surface area contributed by atoms with Crippen LogP contribution < -0.4 is 5.32 Å². The molecule has 5 nitrogen and oxygen atoms in total. The van der Waals surface area contributed by atoms with Crippen LogP contribution in [0.5, 0.6) is 0 Å². The first-order valence-electron chi connectivity index (χ1n) is 7.11. The quantitative estimate of drug-likeness (QED) is 0.623. The summed E-state index contributed by atoms with van der Waals surface area (Å²) in [5.74, 6) is -1.58. The highest BCUT2D eigenvalue weighted by atomic mass is 35.5. The summed E-state index contributed by atoms with van der Waals surface area (Å²) in [6.07, 6.45) is 2.85. The van der Waals surface area contributed by atoms with E-state index in [4.69, 9.17) is 27.9 Å². The molecule has 0 saturated carbocycles. The molecule has 1 atom stereocenters. The molecule has 2 rings (SSSR count). The number of amides is 1. The highest BCUT2D eigenvalue weighted by molar-refractivity contribution is 6.36. The summed E-state index contributed by atoms with van der Waals surface area (Å²) < 4.78 is 17.8. The first kappa shape index (κ1) is 18.9. The van der Waals surface area contributed by atoms with Crippen molar-refractivity contribution in [2.24, 2.45) is 0 Å². The molecule has 0 aliphatic carbocycles. The van der Waals surface area contributed by atoms with E-state index in [9.17, 15) is 14.0 Å². The van der Waals surface area contributed by atoms with Crippen LogP contribution in [0.2, 0.25) is 10.0 Å². The van der Waals surface area contributed by atoms with E-state index in [1.165, 1.54) is 49.5 Å². The lowest BCUT2D eigenvalue weighted by Crippen LogP contribution is -2.29. The second kappa shape index (κ2) is 8.60. The van der Waals surface area contributed by atoms with E-state index < -0.39 is 18.0 Å². The Labute approximate surface area is 153 Å². The molecule has 1 aromatic carbocycles. The Bertz CT molecular complexity index is 810. The number of carbonyl (C=O) groups excluding carboxylic acids is 2. The van der Waals surface area contributed by atoms with Crippen LogP contribution in [0.15, 0.2) is 42.6 Å². The van der Waals surface area contributed by atoms with E-state index in [2.05, 4.69) is 10.3 Å². The van der Waals surface area contributed by atoms with Crippen LogP contribution in [0, 0.1) is 5.82 Å². The Kier molecular flexibility index (Phi) is 6.50. The van der Waals surface area contributed by atoms with Crippen LogP contribution in [0.4, 0.5) is 10.2 Å². The molecule has 1 heterocycles. The summed E-state index contributed by atoms with van der Waals surface area (Å²) in [4.78, 5) is 27.6. The van der Waals surface area contributed by atoms with Crippen molar-refractivity contribution in [1.29, 1.82) is 0 Å². The van der Waals surface area contributed by atoms with E-state index >= 15 is 0 Å². The number of anilines is 1. The summed E-state index contributed by atoms with van der Waals surface area (Å²) in [6, 6.07) is 6.97. The number of rotatable bonds is 5. The van der Waals surface area contributed by atoms with Crippen molar-refractivity contribution in [1.82, 2.24) is 4.98 Å². The fourth-order valence-corrected chi connectivity index (χ4v) is 2.16. The number of pyridine rings is 1. The molecule has 130 valence electrons. The van der Waals surface area contributed by atoms with Crippen LogP contribution in [-0.4, -0.2) is 23.0 Å². The number of nitrogens with one attached hydrogen (secondary N) is 1. The van der Waals surface area contributed by atoms with E-state index in [1.807, 2.05) is 0 Å². The summed E-state index contributed by atoms with van der Waals surface area (Å²) >= 11 is 11.6. The Morgan fingerprint density at radius 1 is 1.28 bits per heavy atom. The largest absolute Gasteiger partial charge is 0.449 e. The molecule has 0 bridgehead atoms. The molecule has 1 N–H and O–H groups in total. The lowest BCUT2D eigenvalue weighted by Gasteiger charge is -2.12. The Morgan fingerprint density at radius 2 is 1.96 bits per heavy atom. The molecule has 0 spiro atoms. The van der Waals surface area contributed by atoms with Crippen molar-refractivity contribution in [2.45, 2.75) is 13.0 Å². The van der Waals surface area contributed by atoms with E-state index in [0.717, 1.165) is 6.08 Å². The Balaban J connectivity index is 1.91. The van der Waals surface area contributed by atoms with Gasteiger partial charge in [-0.15, -0.1) is 0 Å². The van der Waals surface area contributed by atoms with Gasteiger partial charge in [-0.3, -0.25) is 4.79 Å². The molecule has 2 aromatic rings. The van der Waals surface area contributed by atoms with Crippen LogP contribution in [0.1, 0.15) is 12.5 Å². The average Bonchev–Trinajstić information content (AvgIpc) is 2.56. The molecule has 0 unspecified atom stereocenters. The van der Waals surface area contributed by atoms with Gasteiger partial charge in [-0.05, 0) is 36.8 Å². The summed E-state index contributed by atoms with van der Waals surface area (Å²) in [7, 11) is 0.